The van der Waals surface area contributed by atoms with Crippen molar-refractivity contribution in [3.05, 3.63) is 28.8 Å². The van der Waals surface area contributed by atoms with Crippen LogP contribution >= 0.6 is 11.6 Å². The van der Waals surface area contributed by atoms with Crippen molar-refractivity contribution in [1.82, 2.24) is 5.43 Å². The molecule has 5 N–H and O–H groups in total. The van der Waals surface area contributed by atoms with Gasteiger partial charge in [-0.3, -0.25) is 11.3 Å². The van der Waals surface area contributed by atoms with Crippen molar-refractivity contribution in [2.45, 2.75) is 52.0 Å². The van der Waals surface area contributed by atoms with Gasteiger partial charge in [0.25, 0.3) is 0 Å². The van der Waals surface area contributed by atoms with Crippen LogP contribution in [0.2, 0.25) is 5.02 Å². The minimum atomic E-state index is 0.0964. The fourth-order valence-electron chi connectivity index (χ4n) is 2.46. The molecule has 0 aliphatic heterocycles. The number of nitrogens with two attached hydrogens (primary N) is 2. The fourth-order valence-corrected chi connectivity index (χ4v) is 2.64. The molecule has 0 aromatic heterocycles. The molecule has 1 rings (SSSR count). The monoisotopic (exact) mass is 283 g/mol. The SMILES string of the molecule is CCCCC(CC)CC(NN)c1ccc(Cl)cc1N. The third kappa shape index (κ3) is 5.01. The Bertz CT molecular complexity index is 382. The molecule has 0 fully saturated rings. The maximum Gasteiger partial charge on any atom is 0.0483 e. The van der Waals surface area contributed by atoms with Crippen LogP contribution in [-0.2, 0) is 0 Å². The summed E-state index contributed by atoms with van der Waals surface area (Å²) >= 11 is 5.93. The number of unbranched alkanes of at least 4 members (excludes halogenated alkanes) is 1. The average Bonchev–Trinajstić information content (AvgIpc) is 2.40. The van der Waals surface area contributed by atoms with Gasteiger partial charge < -0.3 is 5.73 Å². The Balaban J connectivity index is 2.76. The number of benzene rings is 1. The second-order valence-corrected chi connectivity index (χ2v) is 5.58. The summed E-state index contributed by atoms with van der Waals surface area (Å²) in [5, 5.41) is 0.662. The van der Waals surface area contributed by atoms with E-state index in [1.54, 1.807) is 6.07 Å². The van der Waals surface area contributed by atoms with Gasteiger partial charge in [0.1, 0.15) is 0 Å². The quantitative estimate of drug-likeness (QED) is 0.383. The summed E-state index contributed by atoms with van der Waals surface area (Å²) in [6.45, 7) is 4.46. The Hall–Kier alpha value is -0.770. The zero-order valence-corrected chi connectivity index (χ0v) is 12.7. The van der Waals surface area contributed by atoms with Crippen LogP contribution in [0.25, 0.3) is 0 Å². The summed E-state index contributed by atoms with van der Waals surface area (Å²) in [6.07, 6.45) is 5.94. The van der Waals surface area contributed by atoms with Crippen LogP contribution in [0.4, 0.5) is 5.69 Å². The zero-order valence-electron chi connectivity index (χ0n) is 12.0. The van der Waals surface area contributed by atoms with Gasteiger partial charge in [-0.05, 0) is 30.0 Å². The number of anilines is 1. The summed E-state index contributed by atoms with van der Waals surface area (Å²) in [4.78, 5) is 0. The van der Waals surface area contributed by atoms with E-state index in [4.69, 9.17) is 23.2 Å². The molecule has 0 aliphatic rings. The molecular formula is C15H26ClN3. The lowest BCUT2D eigenvalue weighted by molar-refractivity contribution is 0.357. The van der Waals surface area contributed by atoms with Crippen LogP contribution in [0.1, 0.15) is 57.6 Å². The molecule has 2 unspecified atom stereocenters. The highest BCUT2D eigenvalue weighted by Gasteiger charge is 2.17. The number of rotatable bonds is 8. The molecule has 0 amide bonds. The molecule has 2 atom stereocenters. The number of hydrogen-bond acceptors (Lipinski definition) is 3. The summed E-state index contributed by atoms with van der Waals surface area (Å²) in [5.74, 6) is 6.38. The molecule has 0 spiro atoms. The molecule has 0 saturated heterocycles. The van der Waals surface area contributed by atoms with Gasteiger partial charge in [-0.1, -0.05) is 57.2 Å². The lowest BCUT2D eigenvalue weighted by Gasteiger charge is -2.23. The molecule has 1 aromatic rings. The van der Waals surface area contributed by atoms with Crippen molar-refractivity contribution in [2.24, 2.45) is 11.8 Å². The number of nitrogen functional groups attached to an aromatic ring is 1. The topological polar surface area (TPSA) is 64.1 Å². The minimum absolute atomic E-state index is 0.0964. The Morgan fingerprint density at radius 1 is 1.32 bits per heavy atom. The number of hydrogen-bond donors (Lipinski definition) is 3. The van der Waals surface area contributed by atoms with E-state index in [9.17, 15) is 0 Å². The van der Waals surface area contributed by atoms with Gasteiger partial charge in [-0.2, -0.15) is 0 Å². The highest BCUT2D eigenvalue weighted by atomic mass is 35.5. The van der Waals surface area contributed by atoms with Crippen molar-refractivity contribution in [1.29, 1.82) is 0 Å². The van der Waals surface area contributed by atoms with Crippen LogP contribution < -0.4 is 17.0 Å². The molecule has 0 bridgehead atoms. The summed E-state index contributed by atoms with van der Waals surface area (Å²) in [6, 6.07) is 5.71. The fraction of sp³-hybridized carbons (Fsp3) is 0.600. The maximum absolute atomic E-state index is 6.04. The Labute approximate surface area is 121 Å². The van der Waals surface area contributed by atoms with E-state index in [1.807, 2.05) is 12.1 Å². The van der Waals surface area contributed by atoms with E-state index in [1.165, 1.54) is 25.7 Å². The predicted octanol–water partition coefficient (Wildman–Crippen LogP) is 4.03. The van der Waals surface area contributed by atoms with Gasteiger partial charge in [0.05, 0.1) is 0 Å². The van der Waals surface area contributed by atoms with Gasteiger partial charge in [0, 0.05) is 16.8 Å². The molecule has 0 radical (unpaired) electrons. The van der Waals surface area contributed by atoms with E-state index in [0.29, 0.717) is 16.6 Å². The third-order valence-corrected chi connectivity index (χ3v) is 3.97. The van der Waals surface area contributed by atoms with Crippen LogP contribution in [0.15, 0.2) is 18.2 Å². The van der Waals surface area contributed by atoms with Crippen molar-refractivity contribution in [3.63, 3.8) is 0 Å². The average molecular weight is 284 g/mol. The van der Waals surface area contributed by atoms with E-state index < -0.39 is 0 Å². The molecular weight excluding hydrogens is 258 g/mol. The van der Waals surface area contributed by atoms with E-state index in [-0.39, 0.29) is 6.04 Å². The van der Waals surface area contributed by atoms with Gasteiger partial charge in [-0.15, -0.1) is 0 Å². The van der Waals surface area contributed by atoms with Crippen LogP contribution in [0.3, 0.4) is 0 Å². The third-order valence-electron chi connectivity index (χ3n) is 3.74. The molecule has 1 aromatic carbocycles. The van der Waals surface area contributed by atoms with E-state index in [0.717, 1.165) is 12.0 Å². The molecule has 0 saturated carbocycles. The van der Waals surface area contributed by atoms with E-state index in [2.05, 4.69) is 19.3 Å². The predicted molar refractivity (Wildman–Crippen MR) is 83.9 cm³/mol. The van der Waals surface area contributed by atoms with Crippen molar-refractivity contribution in [3.8, 4) is 0 Å². The lowest BCUT2D eigenvalue weighted by Crippen LogP contribution is -2.30. The molecule has 19 heavy (non-hydrogen) atoms. The number of nitrogens with one attached hydrogen (secondary N) is 1. The molecule has 3 nitrogen and oxygen atoms in total. The highest BCUT2D eigenvalue weighted by Crippen LogP contribution is 2.30. The van der Waals surface area contributed by atoms with Crippen LogP contribution in [0.5, 0.6) is 0 Å². The first-order chi connectivity index (χ1) is 9.12. The van der Waals surface area contributed by atoms with Crippen molar-refractivity contribution < 1.29 is 0 Å². The number of hydrazine groups is 1. The standard InChI is InChI=1S/C15H26ClN3/c1-3-5-6-11(4-2)9-15(19-18)13-8-7-12(16)10-14(13)17/h7-8,10-11,15,19H,3-6,9,17-18H2,1-2H3. The van der Waals surface area contributed by atoms with Crippen LogP contribution in [-0.4, -0.2) is 0 Å². The Morgan fingerprint density at radius 2 is 2.05 bits per heavy atom. The molecule has 0 heterocycles. The van der Waals surface area contributed by atoms with Gasteiger partial charge in [-0.25, -0.2) is 0 Å². The van der Waals surface area contributed by atoms with Crippen molar-refractivity contribution >= 4 is 17.3 Å². The van der Waals surface area contributed by atoms with Crippen LogP contribution in [0, 0.1) is 5.92 Å². The molecule has 108 valence electrons. The molecule has 0 aliphatic carbocycles. The lowest BCUT2D eigenvalue weighted by atomic mass is 9.89. The first-order valence-electron chi connectivity index (χ1n) is 7.13. The zero-order chi connectivity index (χ0) is 14.3. The first kappa shape index (κ1) is 16.3. The summed E-state index contributed by atoms with van der Waals surface area (Å²) in [7, 11) is 0. The minimum Gasteiger partial charge on any atom is -0.398 e. The second kappa shape index (κ2) is 8.41. The van der Waals surface area contributed by atoms with Gasteiger partial charge in [0.15, 0.2) is 0 Å². The van der Waals surface area contributed by atoms with Gasteiger partial charge in [0.2, 0.25) is 0 Å². The van der Waals surface area contributed by atoms with E-state index >= 15 is 0 Å². The largest absolute Gasteiger partial charge is 0.398 e. The van der Waals surface area contributed by atoms with Gasteiger partial charge >= 0.3 is 0 Å². The Kier molecular flexibility index (Phi) is 7.21. The number of halogens is 1. The summed E-state index contributed by atoms with van der Waals surface area (Å²) < 4.78 is 0. The highest BCUT2D eigenvalue weighted by molar-refractivity contribution is 6.30. The molecule has 4 heteroatoms. The van der Waals surface area contributed by atoms with Crippen molar-refractivity contribution in [2.75, 3.05) is 5.73 Å². The summed E-state index contributed by atoms with van der Waals surface area (Å²) in [5.41, 5.74) is 10.7. The normalized spacial score (nSPS) is 14.3. The maximum atomic E-state index is 6.04. The smallest absolute Gasteiger partial charge is 0.0483 e. The second-order valence-electron chi connectivity index (χ2n) is 5.14. The first-order valence-corrected chi connectivity index (χ1v) is 7.51. The Morgan fingerprint density at radius 3 is 2.58 bits per heavy atom.